The summed E-state index contributed by atoms with van der Waals surface area (Å²) < 4.78 is 44.8. The number of hydrogen-bond acceptors (Lipinski definition) is 4. The van der Waals surface area contributed by atoms with E-state index in [-0.39, 0.29) is 25.2 Å². The lowest BCUT2D eigenvalue weighted by atomic mass is 10.3. The maximum atomic E-state index is 11.8. The second-order valence-corrected chi connectivity index (χ2v) is 4.39. The summed E-state index contributed by atoms with van der Waals surface area (Å²) in [5.74, 6) is -0.326. The first kappa shape index (κ1) is 18.2. The summed E-state index contributed by atoms with van der Waals surface area (Å²) in [4.78, 5) is 13.2. The highest BCUT2D eigenvalue weighted by atomic mass is 19.4. The fourth-order valence-corrected chi connectivity index (χ4v) is 1.45. The van der Waals surface area contributed by atoms with Crippen molar-refractivity contribution >= 4 is 5.97 Å². The first-order chi connectivity index (χ1) is 8.76. The third-order valence-corrected chi connectivity index (χ3v) is 2.37. The molecule has 0 aromatic rings. The molecular weight excluding hydrogens is 263 g/mol. The summed E-state index contributed by atoms with van der Waals surface area (Å²) in [7, 11) is 0. The minimum Gasteiger partial charge on any atom is -0.465 e. The van der Waals surface area contributed by atoms with Crippen molar-refractivity contribution in [3.05, 3.63) is 0 Å². The number of esters is 1. The van der Waals surface area contributed by atoms with Gasteiger partial charge in [0.05, 0.1) is 13.2 Å². The van der Waals surface area contributed by atoms with Crippen LogP contribution in [0.3, 0.4) is 0 Å². The van der Waals surface area contributed by atoms with Gasteiger partial charge in [0.1, 0.15) is 6.61 Å². The van der Waals surface area contributed by atoms with Crippen LogP contribution in [0.15, 0.2) is 0 Å². The monoisotopic (exact) mass is 285 g/mol. The number of nitrogens with zero attached hydrogens (tertiary/aromatic N) is 1. The molecule has 114 valence electrons. The molecule has 0 aromatic carbocycles. The van der Waals surface area contributed by atoms with Gasteiger partial charge in [-0.2, -0.15) is 13.2 Å². The fraction of sp³-hybridized carbons (Fsp3) is 0.917. The standard InChI is InChI=1S/C12H22F3NO3/c1-4-19-11(17)8-16(10(2)3)6-5-7-18-9-12(13,14)15/h10H,4-9H2,1-3H3. The Hall–Kier alpha value is -0.820. The maximum absolute atomic E-state index is 11.8. The molecule has 0 atom stereocenters. The SMILES string of the molecule is CCOC(=O)CN(CCCOCC(F)(F)F)C(C)C. The van der Waals surface area contributed by atoms with Gasteiger partial charge in [0.15, 0.2) is 0 Å². The Morgan fingerprint density at radius 1 is 1.32 bits per heavy atom. The van der Waals surface area contributed by atoms with Crippen LogP contribution >= 0.6 is 0 Å². The second kappa shape index (κ2) is 9.14. The second-order valence-electron chi connectivity index (χ2n) is 4.39. The highest BCUT2D eigenvalue weighted by Gasteiger charge is 2.27. The molecule has 0 aliphatic heterocycles. The molecule has 0 spiro atoms. The van der Waals surface area contributed by atoms with Gasteiger partial charge in [0.25, 0.3) is 0 Å². The quantitative estimate of drug-likeness (QED) is 0.481. The fourth-order valence-electron chi connectivity index (χ4n) is 1.45. The highest BCUT2D eigenvalue weighted by Crippen LogP contribution is 2.14. The van der Waals surface area contributed by atoms with Crippen LogP contribution in [0.2, 0.25) is 0 Å². The topological polar surface area (TPSA) is 38.8 Å². The molecule has 0 aliphatic carbocycles. The number of alkyl halides is 3. The normalized spacial score (nSPS) is 12.2. The van der Waals surface area contributed by atoms with Crippen molar-refractivity contribution in [2.24, 2.45) is 0 Å². The number of ether oxygens (including phenoxy) is 2. The molecule has 4 nitrogen and oxygen atoms in total. The molecule has 0 amide bonds. The molecule has 0 fully saturated rings. The molecule has 0 saturated heterocycles. The van der Waals surface area contributed by atoms with Crippen LogP contribution in [-0.4, -0.2) is 56.0 Å². The lowest BCUT2D eigenvalue weighted by Gasteiger charge is -2.25. The van der Waals surface area contributed by atoms with Crippen LogP contribution in [0.25, 0.3) is 0 Å². The largest absolute Gasteiger partial charge is 0.465 e. The Morgan fingerprint density at radius 3 is 2.42 bits per heavy atom. The van der Waals surface area contributed by atoms with E-state index in [1.165, 1.54) is 0 Å². The van der Waals surface area contributed by atoms with Crippen molar-refractivity contribution < 1.29 is 27.4 Å². The van der Waals surface area contributed by atoms with Crippen LogP contribution in [-0.2, 0) is 14.3 Å². The number of halogens is 3. The van der Waals surface area contributed by atoms with Gasteiger partial charge in [0.2, 0.25) is 0 Å². The Bertz CT molecular complexity index is 257. The summed E-state index contributed by atoms with van der Waals surface area (Å²) in [6, 6.07) is 0.118. The molecule has 0 aromatic heterocycles. The van der Waals surface area contributed by atoms with Gasteiger partial charge in [0, 0.05) is 19.2 Å². The van der Waals surface area contributed by atoms with Crippen molar-refractivity contribution in [1.29, 1.82) is 0 Å². The minimum absolute atomic E-state index is 0.0194. The molecule has 19 heavy (non-hydrogen) atoms. The van der Waals surface area contributed by atoms with Gasteiger partial charge in [-0.3, -0.25) is 9.69 Å². The maximum Gasteiger partial charge on any atom is 0.411 e. The van der Waals surface area contributed by atoms with E-state index in [1.807, 2.05) is 18.7 Å². The Kier molecular flexibility index (Phi) is 8.75. The number of carbonyl (C=O) groups is 1. The third-order valence-electron chi connectivity index (χ3n) is 2.37. The molecule has 0 heterocycles. The first-order valence-corrected chi connectivity index (χ1v) is 6.30. The average Bonchev–Trinajstić information content (AvgIpc) is 2.25. The van der Waals surface area contributed by atoms with Gasteiger partial charge in [-0.25, -0.2) is 0 Å². The van der Waals surface area contributed by atoms with E-state index in [2.05, 4.69) is 4.74 Å². The van der Waals surface area contributed by atoms with Crippen molar-refractivity contribution in [3.63, 3.8) is 0 Å². The van der Waals surface area contributed by atoms with E-state index >= 15 is 0 Å². The van der Waals surface area contributed by atoms with Gasteiger partial charge >= 0.3 is 12.1 Å². The summed E-state index contributed by atoms with van der Waals surface area (Å²) in [5.41, 5.74) is 0. The molecule has 0 unspecified atom stereocenters. The van der Waals surface area contributed by atoms with Gasteiger partial charge in [-0.05, 0) is 27.2 Å². The predicted octanol–water partition coefficient (Wildman–Crippen LogP) is 2.23. The lowest BCUT2D eigenvalue weighted by Crippen LogP contribution is -2.37. The molecule has 0 rings (SSSR count). The predicted molar refractivity (Wildman–Crippen MR) is 64.8 cm³/mol. The third kappa shape index (κ3) is 10.8. The summed E-state index contributed by atoms with van der Waals surface area (Å²) in [6.45, 7) is 5.30. The number of rotatable bonds is 9. The van der Waals surface area contributed by atoms with E-state index < -0.39 is 12.8 Å². The van der Waals surface area contributed by atoms with Crippen molar-refractivity contribution in [1.82, 2.24) is 4.90 Å². The molecule has 7 heteroatoms. The van der Waals surface area contributed by atoms with E-state index in [4.69, 9.17) is 4.74 Å². The average molecular weight is 285 g/mol. The minimum atomic E-state index is -4.29. The number of carbonyl (C=O) groups excluding carboxylic acids is 1. The van der Waals surface area contributed by atoms with Crippen LogP contribution < -0.4 is 0 Å². The van der Waals surface area contributed by atoms with Crippen molar-refractivity contribution in [3.8, 4) is 0 Å². The Labute approximate surface area is 111 Å². The smallest absolute Gasteiger partial charge is 0.411 e. The zero-order valence-corrected chi connectivity index (χ0v) is 11.6. The zero-order chi connectivity index (χ0) is 14.9. The first-order valence-electron chi connectivity index (χ1n) is 6.30. The van der Waals surface area contributed by atoms with E-state index in [0.717, 1.165) is 0 Å². The van der Waals surface area contributed by atoms with E-state index in [1.54, 1.807) is 6.92 Å². The molecule has 0 aliphatic rings. The molecule has 0 bridgehead atoms. The van der Waals surface area contributed by atoms with Crippen LogP contribution in [0, 0.1) is 0 Å². The summed E-state index contributed by atoms with van der Waals surface area (Å²) in [6.07, 6.45) is -3.85. The van der Waals surface area contributed by atoms with E-state index in [0.29, 0.717) is 19.6 Å². The van der Waals surface area contributed by atoms with E-state index in [9.17, 15) is 18.0 Å². The van der Waals surface area contributed by atoms with Gasteiger partial charge in [-0.1, -0.05) is 0 Å². The Morgan fingerprint density at radius 2 is 1.95 bits per heavy atom. The molecule has 0 N–H and O–H groups in total. The van der Waals surface area contributed by atoms with Crippen molar-refractivity contribution in [2.75, 3.05) is 32.9 Å². The summed E-state index contributed by atoms with van der Waals surface area (Å²) in [5, 5.41) is 0. The molecule has 0 radical (unpaired) electrons. The molecule has 0 saturated carbocycles. The Balaban J connectivity index is 3.86. The van der Waals surface area contributed by atoms with Crippen LogP contribution in [0.1, 0.15) is 27.2 Å². The van der Waals surface area contributed by atoms with Gasteiger partial charge in [-0.15, -0.1) is 0 Å². The summed E-state index contributed by atoms with van der Waals surface area (Å²) >= 11 is 0. The van der Waals surface area contributed by atoms with Crippen LogP contribution in [0.5, 0.6) is 0 Å². The van der Waals surface area contributed by atoms with Crippen molar-refractivity contribution in [2.45, 2.75) is 39.4 Å². The molecular formula is C12H22F3NO3. The number of hydrogen-bond donors (Lipinski definition) is 0. The lowest BCUT2D eigenvalue weighted by molar-refractivity contribution is -0.174. The van der Waals surface area contributed by atoms with Crippen LogP contribution in [0.4, 0.5) is 13.2 Å². The zero-order valence-electron chi connectivity index (χ0n) is 11.6. The highest BCUT2D eigenvalue weighted by molar-refractivity contribution is 5.71. The van der Waals surface area contributed by atoms with Gasteiger partial charge < -0.3 is 9.47 Å².